The van der Waals surface area contributed by atoms with Crippen molar-refractivity contribution in [3.05, 3.63) is 18.2 Å². The van der Waals surface area contributed by atoms with Crippen molar-refractivity contribution in [3.8, 4) is 0 Å². The second kappa shape index (κ2) is 7.03. The van der Waals surface area contributed by atoms with Gasteiger partial charge >= 0.3 is 0 Å². The van der Waals surface area contributed by atoms with Crippen molar-refractivity contribution in [1.82, 2.24) is 14.9 Å². The molecular weight excluding hydrogens is 242 g/mol. The average Bonchev–Trinajstić information content (AvgIpc) is 2.83. The van der Waals surface area contributed by atoms with Crippen LogP contribution >= 0.6 is 0 Å². The van der Waals surface area contributed by atoms with E-state index < -0.39 is 0 Å². The van der Waals surface area contributed by atoms with Gasteiger partial charge in [0.2, 0.25) is 0 Å². The fourth-order valence-electron chi connectivity index (χ4n) is 2.58. The Morgan fingerprint density at radius 2 is 2.47 bits per heavy atom. The lowest BCUT2D eigenvalue weighted by Gasteiger charge is -2.32. The van der Waals surface area contributed by atoms with Crippen molar-refractivity contribution in [2.24, 2.45) is 7.05 Å². The maximum atomic E-state index is 5.86. The number of nitrogens with one attached hydrogen (secondary N) is 1. The van der Waals surface area contributed by atoms with Gasteiger partial charge in [-0.1, -0.05) is 0 Å². The largest absolute Gasteiger partial charge is 0.380 e. The molecule has 5 nitrogen and oxygen atoms in total. The summed E-state index contributed by atoms with van der Waals surface area (Å²) in [4.78, 5) is 4.17. The van der Waals surface area contributed by atoms with Gasteiger partial charge in [-0.05, 0) is 26.7 Å². The van der Waals surface area contributed by atoms with Gasteiger partial charge in [-0.3, -0.25) is 0 Å². The summed E-state index contributed by atoms with van der Waals surface area (Å²) in [5, 5.41) is 3.63. The Hall–Kier alpha value is -0.910. The molecule has 2 heterocycles. The first kappa shape index (κ1) is 14.5. The highest BCUT2D eigenvalue weighted by Crippen LogP contribution is 2.27. The SMILES string of the molecule is CCOCC(C)NC1CCOC(c2cncn2C)C1. The maximum Gasteiger partial charge on any atom is 0.100 e. The van der Waals surface area contributed by atoms with Crippen LogP contribution in [0.4, 0.5) is 0 Å². The molecule has 1 aromatic rings. The number of hydrogen-bond acceptors (Lipinski definition) is 4. The van der Waals surface area contributed by atoms with E-state index in [2.05, 4.69) is 17.2 Å². The van der Waals surface area contributed by atoms with Crippen LogP contribution in [0, 0.1) is 0 Å². The van der Waals surface area contributed by atoms with E-state index in [0.717, 1.165) is 38.4 Å². The van der Waals surface area contributed by atoms with E-state index in [9.17, 15) is 0 Å². The third-order valence-corrected chi connectivity index (χ3v) is 3.56. The first-order chi connectivity index (χ1) is 9.20. The Labute approximate surface area is 115 Å². The molecule has 0 radical (unpaired) electrons. The molecule has 3 atom stereocenters. The summed E-state index contributed by atoms with van der Waals surface area (Å²) in [5.41, 5.74) is 1.16. The fourth-order valence-corrected chi connectivity index (χ4v) is 2.58. The van der Waals surface area contributed by atoms with Crippen LogP contribution in [0.1, 0.15) is 38.5 Å². The molecule has 1 N–H and O–H groups in total. The molecule has 19 heavy (non-hydrogen) atoms. The molecule has 0 bridgehead atoms. The summed E-state index contributed by atoms with van der Waals surface area (Å²) in [6.45, 7) is 6.54. The van der Waals surface area contributed by atoms with Crippen LogP contribution in [0.2, 0.25) is 0 Å². The Morgan fingerprint density at radius 3 is 3.16 bits per heavy atom. The number of nitrogens with zero attached hydrogens (tertiary/aromatic N) is 2. The summed E-state index contributed by atoms with van der Waals surface area (Å²) in [6, 6.07) is 0.874. The van der Waals surface area contributed by atoms with Crippen molar-refractivity contribution in [3.63, 3.8) is 0 Å². The Kier molecular flexibility index (Phi) is 5.36. The van der Waals surface area contributed by atoms with Gasteiger partial charge in [0.05, 0.1) is 24.8 Å². The normalized spacial score (nSPS) is 25.4. The molecule has 0 aromatic carbocycles. The molecule has 1 aliphatic heterocycles. The summed E-state index contributed by atoms with van der Waals surface area (Å²) in [7, 11) is 2.01. The number of aryl methyl sites for hydroxylation is 1. The van der Waals surface area contributed by atoms with Gasteiger partial charge in [-0.2, -0.15) is 0 Å². The number of ether oxygens (including phenoxy) is 2. The van der Waals surface area contributed by atoms with Crippen LogP contribution in [0.3, 0.4) is 0 Å². The van der Waals surface area contributed by atoms with E-state index in [1.54, 1.807) is 0 Å². The minimum atomic E-state index is 0.151. The molecule has 0 amide bonds. The van der Waals surface area contributed by atoms with Crippen molar-refractivity contribution in [2.75, 3.05) is 19.8 Å². The molecule has 0 spiro atoms. The van der Waals surface area contributed by atoms with Crippen molar-refractivity contribution in [1.29, 1.82) is 0 Å². The molecule has 5 heteroatoms. The average molecular weight is 267 g/mol. The maximum absolute atomic E-state index is 5.86. The van der Waals surface area contributed by atoms with Gasteiger partial charge in [0.1, 0.15) is 6.10 Å². The minimum absolute atomic E-state index is 0.151. The third-order valence-electron chi connectivity index (χ3n) is 3.56. The predicted molar refractivity (Wildman–Crippen MR) is 74.0 cm³/mol. The molecule has 1 fully saturated rings. The second-order valence-corrected chi connectivity index (χ2v) is 5.24. The van der Waals surface area contributed by atoms with Crippen LogP contribution in [0.15, 0.2) is 12.5 Å². The van der Waals surface area contributed by atoms with E-state index in [0.29, 0.717) is 12.1 Å². The number of hydrogen-bond donors (Lipinski definition) is 1. The summed E-state index contributed by atoms with van der Waals surface area (Å²) >= 11 is 0. The zero-order valence-electron chi connectivity index (χ0n) is 12.1. The molecule has 2 rings (SSSR count). The quantitative estimate of drug-likeness (QED) is 0.851. The van der Waals surface area contributed by atoms with Crippen molar-refractivity contribution < 1.29 is 9.47 Å². The second-order valence-electron chi connectivity index (χ2n) is 5.24. The molecule has 1 aliphatic rings. The van der Waals surface area contributed by atoms with Gasteiger partial charge < -0.3 is 19.4 Å². The van der Waals surface area contributed by atoms with Crippen molar-refractivity contribution in [2.45, 2.75) is 44.9 Å². The molecule has 0 saturated carbocycles. The minimum Gasteiger partial charge on any atom is -0.380 e. The van der Waals surface area contributed by atoms with Gasteiger partial charge in [-0.15, -0.1) is 0 Å². The topological polar surface area (TPSA) is 48.3 Å². The van der Waals surface area contributed by atoms with E-state index in [-0.39, 0.29) is 6.10 Å². The zero-order valence-corrected chi connectivity index (χ0v) is 12.1. The van der Waals surface area contributed by atoms with E-state index in [1.807, 2.05) is 31.1 Å². The van der Waals surface area contributed by atoms with Gasteiger partial charge in [0.15, 0.2) is 0 Å². The lowest BCUT2D eigenvalue weighted by Crippen LogP contribution is -2.43. The highest BCUT2D eigenvalue weighted by molar-refractivity contribution is 5.04. The van der Waals surface area contributed by atoms with Gasteiger partial charge in [0, 0.05) is 32.3 Å². The van der Waals surface area contributed by atoms with Gasteiger partial charge in [-0.25, -0.2) is 4.98 Å². The molecule has 0 aliphatic carbocycles. The molecule has 108 valence electrons. The predicted octanol–water partition coefficient (Wildman–Crippen LogP) is 1.65. The van der Waals surface area contributed by atoms with Crippen LogP contribution < -0.4 is 5.32 Å². The zero-order chi connectivity index (χ0) is 13.7. The molecule has 3 unspecified atom stereocenters. The molecule has 1 aromatic heterocycles. The Balaban J connectivity index is 1.85. The third kappa shape index (κ3) is 4.03. The highest BCUT2D eigenvalue weighted by Gasteiger charge is 2.26. The Morgan fingerprint density at radius 1 is 1.63 bits per heavy atom. The summed E-state index contributed by atoms with van der Waals surface area (Å²) < 4.78 is 13.3. The van der Waals surface area contributed by atoms with Crippen molar-refractivity contribution >= 4 is 0 Å². The fraction of sp³-hybridized carbons (Fsp3) is 0.786. The molecule has 1 saturated heterocycles. The highest BCUT2D eigenvalue weighted by atomic mass is 16.5. The lowest BCUT2D eigenvalue weighted by atomic mass is 10.0. The van der Waals surface area contributed by atoms with E-state index in [4.69, 9.17) is 9.47 Å². The number of rotatable bonds is 6. The first-order valence-electron chi connectivity index (χ1n) is 7.12. The van der Waals surface area contributed by atoms with E-state index >= 15 is 0 Å². The monoisotopic (exact) mass is 267 g/mol. The van der Waals surface area contributed by atoms with Crippen LogP contribution in [0.25, 0.3) is 0 Å². The first-order valence-corrected chi connectivity index (χ1v) is 7.12. The number of aromatic nitrogens is 2. The standard InChI is InChI=1S/C14H25N3O2/c1-4-18-9-11(2)16-12-5-6-19-14(7-12)13-8-15-10-17(13)3/h8,10-12,14,16H,4-7,9H2,1-3H3. The van der Waals surface area contributed by atoms with Crippen LogP contribution in [-0.4, -0.2) is 41.5 Å². The summed E-state index contributed by atoms with van der Waals surface area (Å²) in [6.07, 6.45) is 5.93. The Bertz CT molecular complexity index is 381. The van der Waals surface area contributed by atoms with Gasteiger partial charge in [0.25, 0.3) is 0 Å². The smallest absolute Gasteiger partial charge is 0.100 e. The molecular formula is C14H25N3O2. The van der Waals surface area contributed by atoms with Crippen LogP contribution in [-0.2, 0) is 16.5 Å². The number of imidazole rings is 1. The lowest BCUT2D eigenvalue weighted by molar-refractivity contribution is -0.00764. The summed E-state index contributed by atoms with van der Waals surface area (Å²) in [5.74, 6) is 0. The van der Waals surface area contributed by atoms with Crippen LogP contribution in [0.5, 0.6) is 0 Å². The van der Waals surface area contributed by atoms with E-state index in [1.165, 1.54) is 0 Å².